The van der Waals surface area contributed by atoms with Crippen molar-refractivity contribution in [2.75, 3.05) is 0 Å². The lowest BCUT2D eigenvalue weighted by atomic mass is 10.0. The molecule has 0 fully saturated rings. The first-order valence-corrected chi connectivity index (χ1v) is 10.3. The SMILES string of the molecule is CCCCCCCc1ccc(C(=O)Oc2ccc(-c3ccc(F)cc3)cc2)cc1. The summed E-state index contributed by atoms with van der Waals surface area (Å²) in [6.45, 7) is 2.22. The highest BCUT2D eigenvalue weighted by Gasteiger charge is 2.09. The summed E-state index contributed by atoms with van der Waals surface area (Å²) in [6.07, 6.45) is 7.34. The fraction of sp³-hybridized carbons (Fsp3) is 0.269. The van der Waals surface area contributed by atoms with E-state index in [-0.39, 0.29) is 11.8 Å². The molecule has 29 heavy (non-hydrogen) atoms. The summed E-state index contributed by atoms with van der Waals surface area (Å²) >= 11 is 0. The second-order valence-electron chi connectivity index (χ2n) is 7.28. The number of halogens is 1. The molecule has 0 aliphatic heterocycles. The molecule has 3 aromatic carbocycles. The maximum Gasteiger partial charge on any atom is 0.343 e. The fourth-order valence-electron chi connectivity index (χ4n) is 3.26. The Morgan fingerprint density at radius 3 is 1.97 bits per heavy atom. The van der Waals surface area contributed by atoms with Crippen LogP contribution in [0.5, 0.6) is 5.75 Å². The van der Waals surface area contributed by atoms with Crippen LogP contribution in [0.2, 0.25) is 0 Å². The second-order valence-corrected chi connectivity index (χ2v) is 7.28. The van der Waals surface area contributed by atoms with Crippen LogP contribution in [0.4, 0.5) is 4.39 Å². The minimum absolute atomic E-state index is 0.262. The number of aryl methyl sites for hydroxylation is 1. The van der Waals surface area contributed by atoms with E-state index in [0.717, 1.165) is 17.5 Å². The van der Waals surface area contributed by atoms with Crippen LogP contribution in [0, 0.1) is 5.82 Å². The molecule has 0 radical (unpaired) electrons. The molecule has 0 aliphatic rings. The highest BCUT2D eigenvalue weighted by Crippen LogP contribution is 2.23. The van der Waals surface area contributed by atoms with Gasteiger partial charge in [-0.15, -0.1) is 0 Å². The number of unbranched alkanes of at least 4 members (excludes halogenated alkanes) is 4. The topological polar surface area (TPSA) is 26.3 Å². The highest BCUT2D eigenvalue weighted by molar-refractivity contribution is 5.91. The van der Waals surface area contributed by atoms with Crippen molar-refractivity contribution in [2.24, 2.45) is 0 Å². The zero-order valence-corrected chi connectivity index (χ0v) is 16.9. The lowest BCUT2D eigenvalue weighted by molar-refractivity contribution is 0.0735. The molecule has 0 saturated carbocycles. The van der Waals surface area contributed by atoms with Crippen molar-refractivity contribution in [2.45, 2.75) is 45.4 Å². The average Bonchev–Trinajstić information content (AvgIpc) is 2.75. The Kier molecular flexibility index (Phi) is 7.57. The normalized spacial score (nSPS) is 10.7. The molecule has 3 aromatic rings. The Balaban J connectivity index is 1.53. The van der Waals surface area contributed by atoms with Crippen LogP contribution in [0.15, 0.2) is 72.8 Å². The lowest BCUT2D eigenvalue weighted by Crippen LogP contribution is -2.08. The summed E-state index contributed by atoms with van der Waals surface area (Å²) in [6, 6.07) is 21.2. The van der Waals surface area contributed by atoms with E-state index in [1.54, 1.807) is 24.3 Å². The third-order valence-electron chi connectivity index (χ3n) is 5.00. The molecule has 3 heteroatoms. The van der Waals surface area contributed by atoms with Gasteiger partial charge in [0.1, 0.15) is 11.6 Å². The second kappa shape index (κ2) is 10.6. The summed E-state index contributed by atoms with van der Waals surface area (Å²) in [5.74, 6) is -0.142. The fourth-order valence-corrected chi connectivity index (χ4v) is 3.26. The Morgan fingerprint density at radius 2 is 1.34 bits per heavy atom. The van der Waals surface area contributed by atoms with Crippen molar-refractivity contribution in [3.05, 3.63) is 89.7 Å². The molecular formula is C26H27FO2. The van der Waals surface area contributed by atoms with Gasteiger partial charge >= 0.3 is 5.97 Å². The zero-order valence-electron chi connectivity index (χ0n) is 16.9. The van der Waals surface area contributed by atoms with E-state index in [4.69, 9.17) is 4.74 Å². The molecule has 0 unspecified atom stereocenters. The number of carbonyl (C=O) groups is 1. The smallest absolute Gasteiger partial charge is 0.343 e. The third kappa shape index (κ3) is 6.28. The molecule has 3 rings (SSSR count). The molecule has 0 amide bonds. The van der Waals surface area contributed by atoms with E-state index < -0.39 is 0 Å². The van der Waals surface area contributed by atoms with Crippen molar-refractivity contribution in [1.29, 1.82) is 0 Å². The van der Waals surface area contributed by atoms with Gasteiger partial charge < -0.3 is 4.74 Å². The van der Waals surface area contributed by atoms with Crippen LogP contribution in [0.1, 0.15) is 54.9 Å². The van der Waals surface area contributed by atoms with Gasteiger partial charge in [-0.3, -0.25) is 0 Å². The first kappa shape index (κ1) is 20.8. The number of benzene rings is 3. The molecule has 0 bridgehead atoms. The van der Waals surface area contributed by atoms with Crippen molar-refractivity contribution < 1.29 is 13.9 Å². The first-order chi connectivity index (χ1) is 14.2. The Labute approximate surface area is 172 Å². The van der Waals surface area contributed by atoms with Crippen molar-refractivity contribution >= 4 is 5.97 Å². The summed E-state index contributed by atoms with van der Waals surface area (Å²) in [7, 11) is 0. The molecule has 0 aliphatic carbocycles. The van der Waals surface area contributed by atoms with Crippen molar-refractivity contribution in [3.8, 4) is 16.9 Å². The van der Waals surface area contributed by atoms with Crippen LogP contribution < -0.4 is 4.74 Å². The van der Waals surface area contributed by atoms with Crippen LogP contribution in [-0.4, -0.2) is 5.97 Å². The summed E-state index contributed by atoms with van der Waals surface area (Å²) in [4.78, 5) is 12.4. The third-order valence-corrected chi connectivity index (χ3v) is 5.00. The highest BCUT2D eigenvalue weighted by atomic mass is 19.1. The van der Waals surface area contributed by atoms with Gasteiger partial charge in [0.15, 0.2) is 0 Å². The van der Waals surface area contributed by atoms with Gasteiger partial charge in [-0.2, -0.15) is 0 Å². The minimum atomic E-state index is -0.367. The minimum Gasteiger partial charge on any atom is -0.423 e. The average molecular weight is 390 g/mol. The molecule has 0 heterocycles. The number of hydrogen-bond acceptors (Lipinski definition) is 2. The van der Waals surface area contributed by atoms with Gasteiger partial charge in [0.05, 0.1) is 5.56 Å². The van der Waals surface area contributed by atoms with Gasteiger partial charge in [0, 0.05) is 0 Å². The largest absolute Gasteiger partial charge is 0.423 e. The molecule has 2 nitrogen and oxygen atoms in total. The van der Waals surface area contributed by atoms with Crippen molar-refractivity contribution in [3.63, 3.8) is 0 Å². The molecule has 0 atom stereocenters. The number of hydrogen-bond donors (Lipinski definition) is 0. The number of esters is 1. The van der Waals surface area contributed by atoms with Gasteiger partial charge in [0.2, 0.25) is 0 Å². The zero-order chi connectivity index (χ0) is 20.5. The number of carbonyl (C=O) groups excluding carboxylic acids is 1. The van der Waals surface area contributed by atoms with Crippen LogP contribution >= 0.6 is 0 Å². The van der Waals surface area contributed by atoms with Gasteiger partial charge in [-0.25, -0.2) is 9.18 Å². The van der Waals surface area contributed by atoms with E-state index in [9.17, 15) is 9.18 Å². The van der Waals surface area contributed by atoms with E-state index in [1.165, 1.54) is 49.8 Å². The maximum absolute atomic E-state index is 13.0. The molecule has 0 aromatic heterocycles. The molecule has 0 saturated heterocycles. The summed E-state index contributed by atoms with van der Waals surface area (Å²) in [5, 5.41) is 0. The van der Waals surface area contributed by atoms with Gasteiger partial charge in [-0.05, 0) is 65.9 Å². The maximum atomic E-state index is 13.0. The van der Waals surface area contributed by atoms with E-state index in [1.807, 2.05) is 36.4 Å². The lowest BCUT2D eigenvalue weighted by Gasteiger charge is -2.07. The van der Waals surface area contributed by atoms with E-state index in [0.29, 0.717) is 11.3 Å². The predicted octanol–water partition coefficient (Wildman–Crippen LogP) is 7.22. The Morgan fingerprint density at radius 1 is 0.759 bits per heavy atom. The molecule has 150 valence electrons. The van der Waals surface area contributed by atoms with Crippen LogP contribution in [0.25, 0.3) is 11.1 Å². The van der Waals surface area contributed by atoms with Crippen LogP contribution in [0.3, 0.4) is 0 Å². The van der Waals surface area contributed by atoms with Crippen molar-refractivity contribution in [1.82, 2.24) is 0 Å². The molecule has 0 spiro atoms. The van der Waals surface area contributed by atoms with E-state index >= 15 is 0 Å². The summed E-state index contributed by atoms with van der Waals surface area (Å²) < 4.78 is 18.5. The van der Waals surface area contributed by atoms with Crippen LogP contribution in [-0.2, 0) is 6.42 Å². The molecular weight excluding hydrogens is 363 g/mol. The Bertz CT molecular complexity index is 897. The standard InChI is InChI=1S/C26H27FO2/c1-2-3-4-5-6-7-20-8-10-23(11-9-20)26(28)29-25-18-14-22(15-19-25)21-12-16-24(27)17-13-21/h8-19H,2-7H2,1H3. The number of rotatable bonds is 9. The number of ether oxygens (including phenoxy) is 1. The Hall–Kier alpha value is -2.94. The van der Waals surface area contributed by atoms with E-state index in [2.05, 4.69) is 6.92 Å². The quantitative estimate of drug-likeness (QED) is 0.219. The van der Waals surface area contributed by atoms with Gasteiger partial charge in [-0.1, -0.05) is 69.0 Å². The molecule has 0 N–H and O–H groups in total. The monoisotopic (exact) mass is 390 g/mol. The first-order valence-electron chi connectivity index (χ1n) is 10.3. The summed E-state index contributed by atoms with van der Waals surface area (Å²) in [5.41, 5.74) is 3.65. The van der Waals surface area contributed by atoms with Gasteiger partial charge in [0.25, 0.3) is 0 Å². The predicted molar refractivity (Wildman–Crippen MR) is 116 cm³/mol.